The number of nitrogens with zero attached hydrogens (tertiary/aromatic N) is 1. The number of anilines is 3. The molecule has 0 radical (unpaired) electrons. The molecule has 7 rings (SSSR count). The number of hydrogen-bond acceptors (Lipinski definition) is 3. The van der Waals surface area contributed by atoms with E-state index in [1.807, 2.05) is 0 Å². The topological polar surface area (TPSA) is 77.8 Å². The van der Waals surface area contributed by atoms with E-state index >= 15 is 0 Å². The van der Waals surface area contributed by atoms with Crippen LogP contribution in [0.15, 0.2) is 103 Å². The largest absolute Gasteiger partial charge is 0.481 e. The van der Waals surface area contributed by atoms with Crippen LogP contribution in [0.5, 0.6) is 0 Å². The number of aliphatic carboxylic acids is 2. The number of unbranched alkanes of at least 4 members (excludes halogenated alkanes) is 10. The van der Waals surface area contributed by atoms with Crippen molar-refractivity contribution in [1.29, 1.82) is 0 Å². The van der Waals surface area contributed by atoms with E-state index in [0.29, 0.717) is 0 Å². The third kappa shape index (κ3) is 11.0. The van der Waals surface area contributed by atoms with Crippen molar-refractivity contribution >= 4 is 75.2 Å². The van der Waals surface area contributed by atoms with Gasteiger partial charge in [0, 0.05) is 29.9 Å². The molecule has 5 nitrogen and oxygen atoms in total. The summed E-state index contributed by atoms with van der Waals surface area (Å²) < 4.78 is 0. The lowest BCUT2D eigenvalue weighted by molar-refractivity contribution is -0.138. The maximum absolute atomic E-state index is 11.0. The molecular weight excluding hydrogens is 772 g/mol. The quantitative estimate of drug-likeness (QED) is 0.0591. The van der Waals surface area contributed by atoms with Crippen LogP contribution in [0.3, 0.4) is 0 Å². The molecule has 0 amide bonds. The summed E-state index contributed by atoms with van der Waals surface area (Å²) in [6.07, 6.45) is 15.0. The van der Waals surface area contributed by atoms with Gasteiger partial charge in [-0.2, -0.15) is 0 Å². The monoisotopic (exact) mass is 842 g/mol. The van der Waals surface area contributed by atoms with E-state index in [2.05, 4.69) is 150 Å². The number of para-hydroxylation sites is 1. The van der Waals surface area contributed by atoms with Crippen molar-refractivity contribution in [3.8, 4) is 0 Å². The summed E-state index contributed by atoms with van der Waals surface area (Å²) in [4.78, 5) is 24.6. The lowest BCUT2D eigenvalue weighted by Gasteiger charge is -2.44. The molecule has 0 unspecified atom stereocenters. The van der Waals surface area contributed by atoms with Crippen molar-refractivity contribution in [3.05, 3.63) is 125 Å². The molecule has 0 spiro atoms. The molecule has 328 valence electrons. The predicted molar refractivity (Wildman–Crippen MR) is 268 cm³/mol. The number of benzene rings is 5. The highest BCUT2D eigenvalue weighted by atomic mass is 16.4. The molecule has 2 aliphatic heterocycles. The molecule has 0 bridgehead atoms. The minimum atomic E-state index is -0.698. The SMILES string of the molecule is CC(C)(C)c1ccc(B2c3ccccc3N3c4ccc(CCCCCCCCC(=O)O)cc4B(c4ccc(C(C)(C)C)cc4)c4cc(CCCCCCCCC(=O)O)cc2c43)cc1. The maximum atomic E-state index is 11.0. The highest BCUT2D eigenvalue weighted by molar-refractivity contribution is 7.02. The Labute approximate surface area is 378 Å². The second-order valence-corrected chi connectivity index (χ2v) is 20.6. The molecule has 0 saturated carbocycles. The first kappa shape index (κ1) is 46.0. The molecule has 5 aromatic carbocycles. The Kier molecular flexibility index (Phi) is 14.7. The zero-order valence-electron chi connectivity index (χ0n) is 38.9. The lowest BCUT2D eigenvalue weighted by Crippen LogP contribution is -2.65. The van der Waals surface area contributed by atoms with Crippen LogP contribution in [-0.2, 0) is 33.3 Å². The Morgan fingerprint density at radius 3 is 1.37 bits per heavy atom. The van der Waals surface area contributed by atoms with Crippen LogP contribution in [0.25, 0.3) is 0 Å². The van der Waals surface area contributed by atoms with Crippen LogP contribution < -0.4 is 37.7 Å². The fourth-order valence-electron chi connectivity index (χ4n) is 10.1. The fraction of sp³-hybridized carbons (Fsp3) is 0.429. The summed E-state index contributed by atoms with van der Waals surface area (Å²) in [6, 6.07) is 40.4. The Balaban J connectivity index is 1.31. The lowest BCUT2D eigenvalue weighted by atomic mass is 9.30. The number of hydrogen-bond donors (Lipinski definition) is 2. The van der Waals surface area contributed by atoms with Crippen molar-refractivity contribution in [2.45, 2.75) is 155 Å². The molecule has 5 aromatic rings. The Morgan fingerprint density at radius 2 is 0.873 bits per heavy atom. The fourth-order valence-corrected chi connectivity index (χ4v) is 10.1. The minimum absolute atomic E-state index is 0.0536. The summed E-state index contributed by atoms with van der Waals surface area (Å²) in [5.41, 5.74) is 17.5. The third-order valence-electron chi connectivity index (χ3n) is 13.6. The van der Waals surface area contributed by atoms with Gasteiger partial charge in [0.1, 0.15) is 0 Å². The van der Waals surface area contributed by atoms with Gasteiger partial charge in [-0.25, -0.2) is 0 Å². The summed E-state index contributed by atoms with van der Waals surface area (Å²) in [5, 5.41) is 18.1. The molecule has 0 aromatic heterocycles. The van der Waals surface area contributed by atoms with E-state index in [-0.39, 0.29) is 37.1 Å². The van der Waals surface area contributed by atoms with Gasteiger partial charge in [0.05, 0.1) is 0 Å². The molecule has 0 aliphatic carbocycles. The number of carboxylic acid groups (broad SMARTS) is 2. The van der Waals surface area contributed by atoms with Crippen LogP contribution in [0.1, 0.15) is 154 Å². The standard InChI is InChI=1S/C56H69B2NO4/c1-55(2,3)42-28-32-44(33-29-42)57-46-23-19-20-24-50(46)59-51-36-27-40(21-15-11-7-9-13-17-25-52(60)61)37-47(51)58(45-34-30-43(31-35-45)56(4,5)6)49-39-41(38-48(57)54(49)59)22-16-12-8-10-14-18-26-53(62)63/h19-20,23-24,27-39H,7-18,21-22,25-26H2,1-6H3,(H,60,61)(H,62,63). The van der Waals surface area contributed by atoms with Gasteiger partial charge in [-0.05, 0) is 106 Å². The number of fused-ring (bicyclic) bond motifs is 4. The molecule has 2 aliphatic rings. The van der Waals surface area contributed by atoms with Crippen molar-refractivity contribution in [2.24, 2.45) is 0 Å². The predicted octanol–water partition coefficient (Wildman–Crippen LogP) is 10.1. The summed E-state index contributed by atoms with van der Waals surface area (Å²) in [5.74, 6) is -1.39. The van der Waals surface area contributed by atoms with Crippen LogP contribution in [-0.4, -0.2) is 35.6 Å². The van der Waals surface area contributed by atoms with Crippen molar-refractivity contribution in [1.82, 2.24) is 0 Å². The maximum Gasteiger partial charge on any atom is 0.303 e. The Hall–Kier alpha value is -5.03. The molecule has 7 heteroatoms. The molecule has 0 fully saturated rings. The number of rotatable bonds is 20. The van der Waals surface area contributed by atoms with Gasteiger partial charge in [0.15, 0.2) is 0 Å². The van der Waals surface area contributed by atoms with Gasteiger partial charge in [-0.3, -0.25) is 9.59 Å². The van der Waals surface area contributed by atoms with E-state index in [1.165, 1.54) is 72.1 Å². The summed E-state index contributed by atoms with van der Waals surface area (Å²) >= 11 is 0. The zero-order chi connectivity index (χ0) is 44.7. The smallest absolute Gasteiger partial charge is 0.303 e. The number of aryl methyl sites for hydroxylation is 2. The van der Waals surface area contributed by atoms with E-state index in [0.717, 1.165) is 89.9 Å². The first-order chi connectivity index (χ1) is 30.2. The third-order valence-corrected chi connectivity index (χ3v) is 13.6. The normalized spacial score (nSPS) is 13.1. The van der Waals surface area contributed by atoms with E-state index < -0.39 is 11.9 Å². The minimum Gasteiger partial charge on any atom is -0.481 e. The van der Waals surface area contributed by atoms with Crippen molar-refractivity contribution in [2.75, 3.05) is 4.90 Å². The van der Waals surface area contributed by atoms with Crippen molar-refractivity contribution < 1.29 is 19.8 Å². The van der Waals surface area contributed by atoms with Crippen molar-refractivity contribution in [3.63, 3.8) is 0 Å². The van der Waals surface area contributed by atoms with Gasteiger partial charge in [0.25, 0.3) is 0 Å². The van der Waals surface area contributed by atoms with E-state index in [4.69, 9.17) is 10.2 Å². The van der Waals surface area contributed by atoms with Gasteiger partial charge >= 0.3 is 11.9 Å². The van der Waals surface area contributed by atoms with E-state index in [9.17, 15) is 9.59 Å². The van der Waals surface area contributed by atoms with Crippen LogP contribution in [0.4, 0.5) is 17.1 Å². The number of carbonyl (C=O) groups is 2. The first-order valence-corrected chi connectivity index (χ1v) is 24.0. The highest BCUT2D eigenvalue weighted by Crippen LogP contribution is 2.38. The molecular formula is C56H69B2NO4. The second-order valence-electron chi connectivity index (χ2n) is 20.6. The Bertz CT molecular complexity index is 2360. The summed E-state index contributed by atoms with van der Waals surface area (Å²) in [6.45, 7) is 13.9. The van der Waals surface area contributed by atoms with Gasteiger partial charge < -0.3 is 15.1 Å². The average molecular weight is 842 g/mol. The van der Waals surface area contributed by atoms with Gasteiger partial charge in [-0.15, -0.1) is 0 Å². The van der Waals surface area contributed by atoms with Crippen LogP contribution in [0.2, 0.25) is 0 Å². The number of carboxylic acids is 2. The zero-order valence-corrected chi connectivity index (χ0v) is 38.9. The Morgan fingerprint density at radius 1 is 0.460 bits per heavy atom. The molecule has 2 heterocycles. The highest BCUT2D eigenvalue weighted by Gasteiger charge is 2.43. The van der Waals surface area contributed by atoms with Gasteiger partial charge in [-0.1, -0.05) is 195 Å². The molecule has 0 saturated heterocycles. The first-order valence-electron chi connectivity index (χ1n) is 24.0. The average Bonchev–Trinajstić information content (AvgIpc) is 3.24. The molecule has 63 heavy (non-hydrogen) atoms. The van der Waals surface area contributed by atoms with E-state index in [1.54, 1.807) is 0 Å². The molecule has 2 N–H and O–H groups in total. The summed E-state index contributed by atoms with van der Waals surface area (Å²) in [7, 11) is 0. The van der Waals surface area contributed by atoms with Crippen LogP contribution in [0, 0.1) is 0 Å². The van der Waals surface area contributed by atoms with Gasteiger partial charge in [0.2, 0.25) is 13.4 Å². The second kappa shape index (κ2) is 20.2. The van der Waals surface area contributed by atoms with Crippen LogP contribution >= 0.6 is 0 Å². The molecule has 0 atom stereocenters.